The van der Waals surface area contributed by atoms with E-state index in [0.29, 0.717) is 18.4 Å². The largest absolute Gasteiger partial charge is 0.573 e. The predicted octanol–water partition coefficient (Wildman–Crippen LogP) is 2.42. The number of nitrogens with one attached hydrogen (secondary N) is 1. The molecule has 0 amide bonds. The SMILES string of the molecule is CN(C)C1CCN(CCNc2ccc(OC(F)(F)F)cn2)CC1. The van der Waals surface area contributed by atoms with E-state index in [2.05, 4.69) is 38.9 Å². The molecule has 1 aliphatic heterocycles. The average Bonchev–Trinajstić information content (AvgIpc) is 2.48. The molecule has 0 bridgehead atoms. The summed E-state index contributed by atoms with van der Waals surface area (Å²) in [6.45, 7) is 3.73. The lowest BCUT2D eigenvalue weighted by atomic mass is 10.0. The summed E-state index contributed by atoms with van der Waals surface area (Å²) >= 11 is 0. The second-order valence-corrected chi connectivity index (χ2v) is 5.89. The van der Waals surface area contributed by atoms with Crippen molar-refractivity contribution in [3.63, 3.8) is 0 Å². The van der Waals surface area contributed by atoms with Crippen LogP contribution >= 0.6 is 0 Å². The van der Waals surface area contributed by atoms with Crippen molar-refractivity contribution in [3.05, 3.63) is 18.3 Å². The van der Waals surface area contributed by atoms with Crippen molar-refractivity contribution in [3.8, 4) is 5.75 Å². The van der Waals surface area contributed by atoms with Crippen LogP contribution < -0.4 is 10.1 Å². The van der Waals surface area contributed by atoms with Gasteiger partial charge in [0.1, 0.15) is 11.6 Å². The Morgan fingerprint density at radius 2 is 2.00 bits per heavy atom. The molecule has 0 spiro atoms. The first kappa shape index (κ1) is 17.8. The van der Waals surface area contributed by atoms with Gasteiger partial charge in [-0.05, 0) is 52.2 Å². The Bertz CT molecular complexity index is 471. The number of nitrogens with zero attached hydrogens (tertiary/aromatic N) is 3. The molecular weight excluding hydrogens is 309 g/mol. The second-order valence-electron chi connectivity index (χ2n) is 5.89. The summed E-state index contributed by atoms with van der Waals surface area (Å²) < 4.78 is 39.9. The van der Waals surface area contributed by atoms with Gasteiger partial charge in [-0.2, -0.15) is 0 Å². The zero-order chi connectivity index (χ0) is 16.9. The third kappa shape index (κ3) is 6.23. The summed E-state index contributed by atoms with van der Waals surface area (Å²) in [5.74, 6) is 0.233. The fourth-order valence-electron chi connectivity index (χ4n) is 2.68. The minimum Gasteiger partial charge on any atom is -0.404 e. The first-order valence-corrected chi connectivity index (χ1v) is 7.68. The van der Waals surface area contributed by atoms with Gasteiger partial charge in [0.15, 0.2) is 0 Å². The monoisotopic (exact) mass is 332 g/mol. The van der Waals surface area contributed by atoms with Crippen LogP contribution in [0.2, 0.25) is 0 Å². The van der Waals surface area contributed by atoms with Crippen LogP contribution in [0.3, 0.4) is 0 Å². The van der Waals surface area contributed by atoms with Gasteiger partial charge in [-0.15, -0.1) is 13.2 Å². The standard InChI is InChI=1S/C15H23F3N4O/c1-21(2)12-5-8-22(9-6-12)10-7-19-14-4-3-13(11-20-14)23-15(16,17)18/h3-4,11-12H,5-10H2,1-2H3,(H,19,20). The van der Waals surface area contributed by atoms with Gasteiger partial charge in [0.25, 0.3) is 0 Å². The van der Waals surface area contributed by atoms with E-state index in [0.717, 1.165) is 38.7 Å². The number of likely N-dealkylation sites (tertiary alicyclic amines) is 1. The molecule has 8 heteroatoms. The van der Waals surface area contributed by atoms with Crippen molar-refractivity contribution in [2.24, 2.45) is 0 Å². The molecule has 23 heavy (non-hydrogen) atoms. The second kappa shape index (κ2) is 7.83. The van der Waals surface area contributed by atoms with Crippen LogP contribution in [-0.2, 0) is 0 Å². The minimum atomic E-state index is -4.69. The average molecular weight is 332 g/mol. The third-order valence-electron chi connectivity index (χ3n) is 3.99. The van der Waals surface area contributed by atoms with Crippen LogP contribution in [0.15, 0.2) is 18.3 Å². The highest BCUT2D eigenvalue weighted by atomic mass is 19.4. The maximum Gasteiger partial charge on any atom is 0.573 e. The molecule has 0 unspecified atom stereocenters. The van der Waals surface area contributed by atoms with Gasteiger partial charge in [-0.3, -0.25) is 0 Å². The number of anilines is 1. The number of alkyl halides is 3. The Balaban J connectivity index is 1.69. The van der Waals surface area contributed by atoms with Gasteiger partial charge in [-0.25, -0.2) is 4.98 Å². The Kier molecular flexibility index (Phi) is 6.06. The van der Waals surface area contributed by atoms with Gasteiger partial charge in [-0.1, -0.05) is 0 Å². The molecule has 5 nitrogen and oxygen atoms in total. The van der Waals surface area contributed by atoms with E-state index >= 15 is 0 Å². The van der Waals surface area contributed by atoms with Gasteiger partial charge >= 0.3 is 6.36 Å². The lowest BCUT2D eigenvalue weighted by Crippen LogP contribution is -2.43. The van der Waals surface area contributed by atoms with E-state index < -0.39 is 6.36 Å². The topological polar surface area (TPSA) is 40.6 Å². The molecule has 1 saturated heterocycles. The van der Waals surface area contributed by atoms with E-state index in [1.165, 1.54) is 12.1 Å². The van der Waals surface area contributed by atoms with Gasteiger partial charge in [0.05, 0.1) is 6.20 Å². The fraction of sp³-hybridized carbons (Fsp3) is 0.667. The summed E-state index contributed by atoms with van der Waals surface area (Å²) in [6.07, 6.45) is -1.29. The van der Waals surface area contributed by atoms with Gasteiger partial charge in [0, 0.05) is 19.1 Å². The molecule has 1 aromatic heterocycles. The highest BCUT2D eigenvalue weighted by Crippen LogP contribution is 2.22. The number of aromatic nitrogens is 1. The van der Waals surface area contributed by atoms with Crippen LogP contribution in [-0.4, -0.2) is 67.5 Å². The van der Waals surface area contributed by atoms with Gasteiger partial charge in [0.2, 0.25) is 0 Å². The quantitative estimate of drug-likeness (QED) is 0.866. The van der Waals surface area contributed by atoms with Crippen molar-refractivity contribution < 1.29 is 17.9 Å². The van der Waals surface area contributed by atoms with Crippen molar-refractivity contribution >= 4 is 5.82 Å². The van der Waals surface area contributed by atoms with Crippen LogP contribution in [0.4, 0.5) is 19.0 Å². The lowest BCUT2D eigenvalue weighted by Gasteiger charge is -2.35. The lowest BCUT2D eigenvalue weighted by molar-refractivity contribution is -0.274. The van der Waals surface area contributed by atoms with Crippen LogP contribution in [0.1, 0.15) is 12.8 Å². The van der Waals surface area contributed by atoms with E-state index in [1.54, 1.807) is 0 Å². The maximum absolute atomic E-state index is 12.1. The third-order valence-corrected chi connectivity index (χ3v) is 3.99. The van der Waals surface area contributed by atoms with Crippen LogP contribution in [0.5, 0.6) is 5.75 Å². The summed E-state index contributed by atoms with van der Waals surface area (Å²) in [5.41, 5.74) is 0. The molecule has 1 N–H and O–H groups in total. The van der Waals surface area contributed by atoms with Crippen molar-refractivity contribution in [1.29, 1.82) is 0 Å². The van der Waals surface area contributed by atoms with E-state index in [1.807, 2.05) is 0 Å². The molecule has 1 fully saturated rings. The summed E-state index contributed by atoms with van der Waals surface area (Å²) in [6, 6.07) is 3.40. The highest BCUT2D eigenvalue weighted by molar-refractivity contribution is 5.37. The number of piperidine rings is 1. The molecule has 2 rings (SSSR count). The highest BCUT2D eigenvalue weighted by Gasteiger charge is 2.31. The van der Waals surface area contributed by atoms with E-state index in [-0.39, 0.29) is 5.75 Å². The summed E-state index contributed by atoms with van der Waals surface area (Å²) in [5, 5.41) is 3.12. The molecule has 0 radical (unpaired) electrons. The Morgan fingerprint density at radius 3 is 2.52 bits per heavy atom. The number of halogens is 3. The maximum atomic E-state index is 12.1. The number of pyridine rings is 1. The predicted molar refractivity (Wildman–Crippen MR) is 82.6 cm³/mol. The molecule has 0 atom stereocenters. The zero-order valence-corrected chi connectivity index (χ0v) is 13.4. The van der Waals surface area contributed by atoms with Crippen LogP contribution in [0, 0.1) is 0 Å². The number of ether oxygens (including phenoxy) is 1. The van der Waals surface area contributed by atoms with E-state index in [9.17, 15) is 13.2 Å². The number of rotatable bonds is 6. The van der Waals surface area contributed by atoms with Crippen molar-refractivity contribution in [2.45, 2.75) is 25.2 Å². The Hall–Kier alpha value is -1.54. The van der Waals surface area contributed by atoms with Crippen molar-refractivity contribution in [1.82, 2.24) is 14.8 Å². The normalized spacial score (nSPS) is 17.5. The molecule has 130 valence electrons. The molecule has 0 aromatic carbocycles. The number of hydrogen-bond donors (Lipinski definition) is 1. The zero-order valence-electron chi connectivity index (χ0n) is 13.4. The molecule has 1 aliphatic rings. The fourth-order valence-corrected chi connectivity index (χ4v) is 2.68. The molecule has 0 saturated carbocycles. The summed E-state index contributed by atoms with van der Waals surface area (Å²) in [4.78, 5) is 8.57. The molecule has 1 aromatic rings. The first-order valence-electron chi connectivity index (χ1n) is 7.68. The molecule has 0 aliphatic carbocycles. The van der Waals surface area contributed by atoms with Crippen LogP contribution in [0.25, 0.3) is 0 Å². The van der Waals surface area contributed by atoms with E-state index in [4.69, 9.17) is 0 Å². The van der Waals surface area contributed by atoms with Gasteiger partial charge < -0.3 is 19.9 Å². The first-order chi connectivity index (χ1) is 10.8. The van der Waals surface area contributed by atoms with Crippen molar-refractivity contribution in [2.75, 3.05) is 45.6 Å². The molecular formula is C15H23F3N4O. The Morgan fingerprint density at radius 1 is 1.30 bits per heavy atom. The summed E-state index contributed by atoms with van der Waals surface area (Å²) in [7, 11) is 4.22. The number of hydrogen-bond acceptors (Lipinski definition) is 5. The molecule has 2 heterocycles. The minimum absolute atomic E-state index is 0.311. The smallest absolute Gasteiger partial charge is 0.404 e. The Labute approximate surface area is 134 Å².